The van der Waals surface area contributed by atoms with Crippen LogP contribution in [0, 0.1) is 0 Å². The highest BCUT2D eigenvalue weighted by atomic mass is 127. The summed E-state index contributed by atoms with van der Waals surface area (Å²) in [5.41, 5.74) is 0.638. The summed E-state index contributed by atoms with van der Waals surface area (Å²) in [6, 6.07) is 5.60. The average molecular weight is 549 g/mol. The van der Waals surface area contributed by atoms with E-state index < -0.39 is 6.10 Å². The van der Waals surface area contributed by atoms with E-state index in [9.17, 15) is 9.90 Å². The number of nitrogens with one attached hydrogen (secondary N) is 3. The van der Waals surface area contributed by atoms with Crippen LogP contribution in [0.4, 0.5) is 0 Å². The number of nitrogens with zero attached hydrogens (tertiary/aromatic N) is 2. The highest BCUT2D eigenvalue weighted by Gasteiger charge is 2.21. The Morgan fingerprint density at radius 3 is 2.58 bits per heavy atom. The molecule has 4 N–H and O–H groups in total. The van der Waals surface area contributed by atoms with Gasteiger partial charge in [-0.1, -0.05) is 0 Å². The lowest BCUT2D eigenvalue weighted by molar-refractivity contribution is -0.122. The maximum absolute atomic E-state index is 11.5. The molecular weight excluding hydrogens is 513 g/mol. The molecule has 0 aromatic heterocycles. The molecule has 1 aliphatic rings. The van der Waals surface area contributed by atoms with Crippen molar-refractivity contribution in [3.63, 3.8) is 0 Å². The zero-order valence-corrected chi connectivity index (χ0v) is 21.1. The molecule has 176 valence electrons. The van der Waals surface area contributed by atoms with E-state index in [4.69, 9.17) is 9.47 Å². The molecule has 9 nitrogen and oxygen atoms in total. The van der Waals surface area contributed by atoms with Gasteiger partial charge >= 0.3 is 0 Å². The highest BCUT2D eigenvalue weighted by Crippen LogP contribution is 2.29. The number of ether oxygens (including phenoxy) is 2. The molecule has 0 saturated carbocycles. The number of carbonyl (C=O) groups excluding carboxylic acids is 1. The summed E-state index contributed by atoms with van der Waals surface area (Å²) < 4.78 is 10.6. The number of likely N-dealkylation sites (tertiary alicyclic amines) is 1. The van der Waals surface area contributed by atoms with Gasteiger partial charge in [0.05, 0.1) is 27.3 Å². The minimum atomic E-state index is -0.820. The van der Waals surface area contributed by atoms with Crippen LogP contribution in [0.1, 0.15) is 31.4 Å². The Kier molecular flexibility index (Phi) is 12.6. The van der Waals surface area contributed by atoms with Crippen molar-refractivity contribution in [2.24, 2.45) is 4.99 Å². The van der Waals surface area contributed by atoms with Gasteiger partial charge in [0.1, 0.15) is 17.6 Å². The van der Waals surface area contributed by atoms with Crippen molar-refractivity contribution in [1.82, 2.24) is 20.9 Å². The molecule has 1 aromatic rings. The molecule has 1 heterocycles. The van der Waals surface area contributed by atoms with Crippen LogP contribution in [-0.4, -0.2) is 81.9 Å². The first kappa shape index (κ1) is 27.2. The van der Waals surface area contributed by atoms with Crippen molar-refractivity contribution in [2.75, 3.05) is 54.0 Å². The molecule has 1 saturated heterocycles. The maximum Gasteiger partial charge on any atom is 0.233 e. The summed E-state index contributed by atoms with van der Waals surface area (Å²) in [5, 5.41) is 20.0. The second-order valence-corrected chi connectivity index (χ2v) is 7.21. The number of likely N-dealkylation sites (N-methyl/N-ethyl adjacent to an activating group) is 1. The van der Waals surface area contributed by atoms with E-state index in [0.29, 0.717) is 29.6 Å². The molecule has 1 unspecified atom stereocenters. The summed E-state index contributed by atoms with van der Waals surface area (Å²) in [5.74, 6) is 1.96. The number of guanidine groups is 1. The molecule has 1 aromatic carbocycles. The van der Waals surface area contributed by atoms with E-state index in [1.807, 2.05) is 6.92 Å². The third-order valence-corrected chi connectivity index (χ3v) is 5.14. The zero-order chi connectivity index (χ0) is 21.9. The van der Waals surface area contributed by atoms with E-state index in [1.165, 1.54) is 0 Å². The number of hydrogen-bond acceptors (Lipinski definition) is 6. The summed E-state index contributed by atoms with van der Waals surface area (Å²) in [4.78, 5) is 18.3. The van der Waals surface area contributed by atoms with Gasteiger partial charge in [0.15, 0.2) is 5.96 Å². The Morgan fingerprint density at radius 2 is 2.00 bits per heavy atom. The number of aliphatic hydroxyl groups is 1. The van der Waals surface area contributed by atoms with Gasteiger partial charge in [-0.15, -0.1) is 24.0 Å². The fraction of sp³-hybridized carbons (Fsp3) is 0.619. The van der Waals surface area contributed by atoms with Crippen molar-refractivity contribution in [3.8, 4) is 11.5 Å². The number of amides is 1. The Labute approximate surface area is 202 Å². The quantitative estimate of drug-likeness (QED) is 0.208. The van der Waals surface area contributed by atoms with E-state index in [1.54, 1.807) is 39.5 Å². The molecular formula is C21H36IN5O4. The second kappa shape index (κ2) is 14.3. The van der Waals surface area contributed by atoms with Crippen LogP contribution in [0.15, 0.2) is 23.2 Å². The summed E-state index contributed by atoms with van der Waals surface area (Å²) >= 11 is 0. The molecule has 0 radical (unpaired) electrons. The number of rotatable bonds is 9. The van der Waals surface area contributed by atoms with Gasteiger partial charge in [-0.3, -0.25) is 14.7 Å². The van der Waals surface area contributed by atoms with E-state index in [0.717, 1.165) is 32.5 Å². The van der Waals surface area contributed by atoms with Crippen molar-refractivity contribution < 1.29 is 19.4 Å². The van der Waals surface area contributed by atoms with Crippen LogP contribution < -0.4 is 25.4 Å². The number of carbonyl (C=O) groups is 1. The lowest BCUT2D eigenvalue weighted by atomic mass is 10.1. The SMILES string of the molecule is CCNC(=NCC(O)c1cc(OC)ccc1OC)NC1CCN(CC(=O)NC)CC1.I. The second-order valence-electron chi connectivity index (χ2n) is 7.21. The molecule has 10 heteroatoms. The maximum atomic E-state index is 11.5. The molecule has 1 aliphatic heterocycles. The summed E-state index contributed by atoms with van der Waals surface area (Å²) in [6.07, 6.45) is 1.03. The highest BCUT2D eigenvalue weighted by molar-refractivity contribution is 14.0. The number of aliphatic hydroxyl groups excluding tert-OH is 1. The van der Waals surface area contributed by atoms with Gasteiger partial charge in [0.25, 0.3) is 0 Å². The normalized spacial score (nSPS) is 16.1. The molecule has 1 fully saturated rings. The molecule has 1 amide bonds. The first-order valence-electron chi connectivity index (χ1n) is 10.4. The lowest BCUT2D eigenvalue weighted by Crippen LogP contribution is -2.50. The molecule has 0 bridgehead atoms. The van der Waals surface area contributed by atoms with E-state index >= 15 is 0 Å². The molecule has 1 atom stereocenters. The number of aliphatic imine (C=N–C) groups is 1. The largest absolute Gasteiger partial charge is 0.497 e. The number of hydrogen-bond donors (Lipinski definition) is 4. The first-order chi connectivity index (χ1) is 14.5. The minimum Gasteiger partial charge on any atom is -0.497 e. The summed E-state index contributed by atoms with van der Waals surface area (Å²) in [7, 11) is 4.82. The van der Waals surface area contributed by atoms with Crippen molar-refractivity contribution in [3.05, 3.63) is 23.8 Å². The van der Waals surface area contributed by atoms with Gasteiger partial charge in [-0.25, -0.2) is 0 Å². The van der Waals surface area contributed by atoms with Gasteiger partial charge in [0.2, 0.25) is 5.91 Å². The van der Waals surface area contributed by atoms with E-state index in [-0.39, 0.29) is 42.5 Å². The standard InChI is InChI=1S/C21H35N5O4.HI/c1-5-23-21(25-15-8-10-26(11-9-15)14-20(28)22-2)24-13-18(27)17-12-16(29-3)6-7-19(17)30-4;/h6-7,12,15,18,27H,5,8-11,13-14H2,1-4H3,(H,22,28)(H2,23,24,25);1H. The number of piperidine rings is 1. The molecule has 31 heavy (non-hydrogen) atoms. The molecule has 0 aliphatic carbocycles. The first-order valence-corrected chi connectivity index (χ1v) is 10.4. The van der Waals surface area contributed by atoms with Crippen LogP contribution >= 0.6 is 24.0 Å². The van der Waals surface area contributed by atoms with Gasteiger partial charge in [0, 0.05) is 38.3 Å². The predicted molar refractivity (Wildman–Crippen MR) is 133 cm³/mol. The third-order valence-electron chi connectivity index (χ3n) is 5.14. The smallest absolute Gasteiger partial charge is 0.233 e. The Morgan fingerprint density at radius 1 is 1.29 bits per heavy atom. The topological polar surface area (TPSA) is 107 Å². The monoisotopic (exact) mass is 549 g/mol. The number of methoxy groups -OCH3 is 2. The lowest BCUT2D eigenvalue weighted by Gasteiger charge is -2.32. The Bertz CT molecular complexity index is 711. The van der Waals surface area contributed by atoms with Gasteiger partial charge in [-0.05, 0) is 38.0 Å². The molecule has 2 rings (SSSR count). The fourth-order valence-corrected chi connectivity index (χ4v) is 3.41. The number of halogens is 1. The van der Waals surface area contributed by atoms with Crippen molar-refractivity contribution in [1.29, 1.82) is 0 Å². The zero-order valence-electron chi connectivity index (χ0n) is 18.8. The van der Waals surface area contributed by atoms with Crippen molar-refractivity contribution >= 4 is 35.8 Å². The Hall–Kier alpha value is -1.79. The van der Waals surface area contributed by atoms with Gasteiger partial charge in [-0.2, -0.15) is 0 Å². The van der Waals surface area contributed by atoms with Gasteiger partial charge < -0.3 is 30.5 Å². The summed E-state index contributed by atoms with van der Waals surface area (Å²) in [6.45, 7) is 5.06. The van der Waals surface area contributed by atoms with Crippen LogP contribution in [-0.2, 0) is 4.79 Å². The minimum absolute atomic E-state index is 0. The number of benzene rings is 1. The average Bonchev–Trinajstić information content (AvgIpc) is 2.78. The van der Waals surface area contributed by atoms with E-state index in [2.05, 4.69) is 25.8 Å². The van der Waals surface area contributed by atoms with Crippen LogP contribution in [0.2, 0.25) is 0 Å². The van der Waals surface area contributed by atoms with Crippen LogP contribution in [0.5, 0.6) is 11.5 Å². The third kappa shape index (κ3) is 8.69. The van der Waals surface area contributed by atoms with Crippen LogP contribution in [0.3, 0.4) is 0 Å². The Balaban J connectivity index is 0.00000480. The van der Waals surface area contributed by atoms with Crippen molar-refractivity contribution in [2.45, 2.75) is 31.9 Å². The fourth-order valence-electron chi connectivity index (χ4n) is 3.41. The molecule has 0 spiro atoms. The van der Waals surface area contributed by atoms with Crippen LogP contribution in [0.25, 0.3) is 0 Å². The predicted octanol–water partition coefficient (Wildman–Crippen LogP) is 1.12.